The number of amides is 1. The van der Waals surface area contributed by atoms with Gasteiger partial charge in [-0.2, -0.15) is 18.4 Å². The maximum Gasteiger partial charge on any atom is 0.408 e. The lowest BCUT2D eigenvalue weighted by Crippen LogP contribution is -2.55. The number of halogens is 3. The number of rotatable bonds is 9. The van der Waals surface area contributed by atoms with Gasteiger partial charge in [-0.25, -0.2) is 0 Å². The molecule has 0 heterocycles. The van der Waals surface area contributed by atoms with Crippen LogP contribution in [0, 0.1) is 11.3 Å². The van der Waals surface area contributed by atoms with Crippen LogP contribution in [0.25, 0.3) is 11.1 Å². The number of hydrogen-bond donors (Lipinski definition) is 2. The van der Waals surface area contributed by atoms with Crippen LogP contribution in [0.3, 0.4) is 0 Å². The zero-order valence-electron chi connectivity index (χ0n) is 19.6. The first-order valence-corrected chi connectivity index (χ1v) is 11.3. The van der Waals surface area contributed by atoms with Crippen LogP contribution < -0.4 is 5.73 Å². The second-order valence-corrected chi connectivity index (χ2v) is 9.46. The fourth-order valence-corrected chi connectivity index (χ4v) is 4.40. The second-order valence-electron chi connectivity index (χ2n) is 9.46. The van der Waals surface area contributed by atoms with E-state index in [4.69, 9.17) is 5.73 Å². The van der Waals surface area contributed by atoms with Crippen LogP contribution in [-0.2, 0) is 10.4 Å². The summed E-state index contributed by atoms with van der Waals surface area (Å²) in [7, 11) is 0. The number of primary amides is 1. The highest BCUT2D eigenvalue weighted by Crippen LogP contribution is 2.51. The minimum atomic E-state index is -4.72. The molecule has 1 aliphatic rings. The second kappa shape index (κ2) is 9.40. The van der Waals surface area contributed by atoms with E-state index >= 15 is 0 Å². The Kier molecular flexibility index (Phi) is 7.11. The van der Waals surface area contributed by atoms with Crippen molar-refractivity contribution in [1.29, 1.82) is 5.26 Å². The number of nitrogens with zero attached hydrogens (tertiary/aromatic N) is 2. The lowest BCUT2D eigenvalue weighted by molar-refractivity contribution is -0.199. The van der Waals surface area contributed by atoms with Gasteiger partial charge in [-0.15, -0.1) is 0 Å². The van der Waals surface area contributed by atoms with Gasteiger partial charge in [-0.1, -0.05) is 61.9 Å². The number of benzene rings is 2. The molecule has 0 bridgehead atoms. The molecule has 182 valence electrons. The van der Waals surface area contributed by atoms with Gasteiger partial charge < -0.3 is 10.8 Å². The van der Waals surface area contributed by atoms with Gasteiger partial charge in [-0.3, -0.25) is 9.69 Å². The topological polar surface area (TPSA) is 90.3 Å². The van der Waals surface area contributed by atoms with E-state index in [0.717, 1.165) is 16.0 Å². The fraction of sp³-hybridized carbons (Fsp3) is 0.462. The molecule has 1 aliphatic carbocycles. The van der Waals surface area contributed by atoms with Gasteiger partial charge in [0.25, 0.3) is 0 Å². The average molecular weight is 474 g/mol. The van der Waals surface area contributed by atoms with E-state index in [1.54, 1.807) is 57.2 Å². The monoisotopic (exact) mass is 473 g/mol. The van der Waals surface area contributed by atoms with Crippen molar-refractivity contribution in [1.82, 2.24) is 4.90 Å². The molecule has 5 nitrogen and oxygen atoms in total. The van der Waals surface area contributed by atoms with Crippen LogP contribution in [0.2, 0.25) is 0 Å². The van der Waals surface area contributed by atoms with Crippen LogP contribution in [0.1, 0.15) is 63.6 Å². The van der Waals surface area contributed by atoms with Gasteiger partial charge in [-0.05, 0) is 55.4 Å². The SMILES string of the molecule is CCC[C@@H](C(N)=O)N([C@@H](c1ccc(-c2ccc(C(C)(C)O)cc2)cc1)C(F)(F)F)C1(C#N)CC1. The van der Waals surface area contributed by atoms with Crippen LogP contribution in [0.4, 0.5) is 13.2 Å². The summed E-state index contributed by atoms with van der Waals surface area (Å²) in [5, 5.41) is 19.9. The van der Waals surface area contributed by atoms with Crippen molar-refractivity contribution in [2.24, 2.45) is 5.73 Å². The van der Waals surface area contributed by atoms with E-state index < -0.39 is 35.3 Å². The Morgan fingerprint density at radius 1 is 1.12 bits per heavy atom. The van der Waals surface area contributed by atoms with Gasteiger partial charge in [0.15, 0.2) is 0 Å². The van der Waals surface area contributed by atoms with Crippen molar-refractivity contribution >= 4 is 5.91 Å². The Labute approximate surface area is 198 Å². The molecule has 0 spiro atoms. The van der Waals surface area contributed by atoms with Crippen molar-refractivity contribution in [2.45, 2.75) is 75.9 Å². The molecule has 2 atom stereocenters. The molecule has 3 N–H and O–H groups in total. The van der Waals surface area contributed by atoms with E-state index in [1.807, 2.05) is 6.07 Å². The highest BCUT2D eigenvalue weighted by atomic mass is 19.4. The number of aliphatic hydroxyl groups is 1. The Bertz CT molecular complexity index is 1050. The van der Waals surface area contributed by atoms with Gasteiger partial charge in [0.2, 0.25) is 5.91 Å². The first kappa shape index (κ1) is 25.7. The Balaban J connectivity index is 2.02. The molecule has 0 aromatic heterocycles. The molecule has 0 aliphatic heterocycles. The Morgan fingerprint density at radius 2 is 1.62 bits per heavy atom. The van der Waals surface area contributed by atoms with E-state index in [1.165, 1.54) is 12.1 Å². The van der Waals surface area contributed by atoms with Crippen LogP contribution in [-0.4, -0.2) is 33.7 Å². The zero-order chi connectivity index (χ0) is 25.3. The third-order valence-electron chi connectivity index (χ3n) is 6.39. The van der Waals surface area contributed by atoms with E-state index in [-0.39, 0.29) is 24.8 Å². The highest BCUT2D eigenvalue weighted by Gasteiger charge is 2.60. The molecule has 2 aromatic rings. The Morgan fingerprint density at radius 3 is 1.97 bits per heavy atom. The van der Waals surface area contributed by atoms with Crippen molar-refractivity contribution in [3.8, 4) is 17.2 Å². The van der Waals surface area contributed by atoms with E-state index in [0.29, 0.717) is 12.0 Å². The van der Waals surface area contributed by atoms with E-state index in [2.05, 4.69) is 0 Å². The first-order chi connectivity index (χ1) is 15.8. The molecular weight excluding hydrogens is 443 g/mol. The number of hydrogen-bond acceptors (Lipinski definition) is 4. The summed E-state index contributed by atoms with van der Waals surface area (Å²) in [4.78, 5) is 13.2. The van der Waals surface area contributed by atoms with Crippen molar-refractivity contribution < 1.29 is 23.1 Å². The third kappa shape index (κ3) is 5.26. The summed E-state index contributed by atoms with van der Waals surface area (Å²) < 4.78 is 43.4. The highest BCUT2D eigenvalue weighted by molar-refractivity contribution is 5.80. The van der Waals surface area contributed by atoms with Crippen molar-refractivity contribution in [3.05, 3.63) is 59.7 Å². The predicted molar refractivity (Wildman–Crippen MR) is 123 cm³/mol. The largest absolute Gasteiger partial charge is 0.408 e. The molecule has 0 saturated heterocycles. The predicted octanol–water partition coefficient (Wildman–Crippen LogP) is 5.20. The summed E-state index contributed by atoms with van der Waals surface area (Å²) in [5.74, 6) is -0.860. The summed E-state index contributed by atoms with van der Waals surface area (Å²) in [6.07, 6.45) is -3.61. The van der Waals surface area contributed by atoms with Gasteiger partial charge in [0.1, 0.15) is 11.6 Å². The molecule has 34 heavy (non-hydrogen) atoms. The zero-order valence-corrected chi connectivity index (χ0v) is 19.6. The van der Waals surface area contributed by atoms with Crippen LogP contribution >= 0.6 is 0 Å². The molecule has 8 heteroatoms. The van der Waals surface area contributed by atoms with E-state index in [9.17, 15) is 28.3 Å². The maximum absolute atomic E-state index is 14.5. The standard InChI is InChI=1S/C26H30F3N3O2/c1-4-5-21(23(31)33)32(25(16-30)14-15-25)22(26(27,28)29)19-8-6-17(7-9-19)18-10-12-20(13-11-18)24(2,3)34/h6-13,21-22,34H,4-5,14-15H2,1-3H3,(H2,31,33)/t21-,22-/m0/s1. The average Bonchev–Trinajstić information content (AvgIpc) is 3.56. The van der Waals surface area contributed by atoms with Gasteiger partial charge in [0.05, 0.1) is 17.7 Å². The molecule has 2 aromatic carbocycles. The summed E-state index contributed by atoms with van der Waals surface area (Å²) in [6, 6.07) is 11.8. The van der Waals surface area contributed by atoms with Crippen LogP contribution in [0.15, 0.2) is 48.5 Å². The molecule has 1 amide bonds. The molecule has 1 saturated carbocycles. The fourth-order valence-electron chi connectivity index (χ4n) is 4.40. The molecule has 3 rings (SSSR count). The lowest BCUT2D eigenvalue weighted by Gasteiger charge is -2.41. The summed E-state index contributed by atoms with van der Waals surface area (Å²) in [6.45, 7) is 5.11. The lowest BCUT2D eigenvalue weighted by atomic mass is 9.93. The van der Waals surface area contributed by atoms with Crippen molar-refractivity contribution in [3.63, 3.8) is 0 Å². The van der Waals surface area contributed by atoms with Crippen molar-refractivity contribution in [2.75, 3.05) is 0 Å². The molecule has 1 fully saturated rings. The normalized spacial score (nSPS) is 17.1. The molecular formula is C26H30F3N3O2. The number of carbonyl (C=O) groups excluding carboxylic acids is 1. The quantitative estimate of drug-likeness (QED) is 0.524. The maximum atomic E-state index is 14.5. The minimum Gasteiger partial charge on any atom is -0.386 e. The smallest absolute Gasteiger partial charge is 0.386 e. The third-order valence-corrected chi connectivity index (χ3v) is 6.39. The summed E-state index contributed by atoms with van der Waals surface area (Å²) >= 11 is 0. The first-order valence-electron chi connectivity index (χ1n) is 11.3. The number of nitriles is 1. The number of alkyl halides is 3. The molecule has 0 radical (unpaired) electrons. The molecule has 0 unspecified atom stereocenters. The number of nitrogens with two attached hydrogens (primary N) is 1. The Hall–Kier alpha value is -2.89. The number of carbonyl (C=O) groups is 1. The van der Waals surface area contributed by atoms with Gasteiger partial charge >= 0.3 is 6.18 Å². The summed E-state index contributed by atoms with van der Waals surface area (Å²) in [5.41, 5.74) is 5.34. The van der Waals surface area contributed by atoms with Crippen LogP contribution in [0.5, 0.6) is 0 Å². The minimum absolute atomic E-state index is 0.0479. The van der Waals surface area contributed by atoms with Gasteiger partial charge in [0, 0.05) is 0 Å².